The number of aromatic nitrogens is 3. The van der Waals surface area contributed by atoms with Crippen LogP contribution in [0.5, 0.6) is 5.75 Å². The maximum atomic E-state index is 11.5. The molecule has 0 fully saturated rings. The molecular formula is C22H18N4O2. The number of ketones is 1. The highest BCUT2D eigenvalue weighted by atomic mass is 16.3. The summed E-state index contributed by atoms with van der Waals surface area (Å²) in [4.78, 5) is 15.5. The van der Waals surface area contributed by atoms with Gasteiger partial charge in [0.2, 0.25) is 0 Å². The van der Waals surface area contributed by atoms with Crippen LogP contribution in [0.4, 0.5) is 11.5 Å². The molecule has 2 N–H and O–H groups in total. The van der Waals surface area contributed by atoms with Crippen molar-refractivity contribution in [1.29, 1.82) is 0 Å². The zero-order valence-corrected chi connectivity index (χ0v) is 15.3. The van der Waals surface area contributed by atoms with Gasteiger partial charge in [-0.05, 0) is 36.8 Å². The number of nitrogens with zero attached hydrogens (tertiary/aromatic N) is 3. The number of phenolic OH excluding ortho intramolecular Hbond substituents is 1. The monoisotopic (exact) mass is 370 g/mol. The fourth-order valence-corrected chi connectivity index (χ4v) is 3.12. The van der Waals surface area contributed by atoms with Crippen LogP contribution in [-0.2, 0) is 6.42 Å². The van der Waals surface area contributed by atoms with Crippen molar-refractivity contribution in [3.8, 4) is 5.75 Å². The Hall–Kier alpha value is -3.80. The number of anilines is 2. The lowest BCUT2D eigenvalue weighted by atomic mass is 10.0. The Balaban J connectivity index is 1.70. The summed E-state index contributed by atoms with van der Waals surface area (Å²) in [6.45, 7) is 1.42. The average molecular weight is 370 g/mol. The number of rotatable bonds is 5. The number of hydrogen-bond acceptors (Lipinski definition) is 6. The number of nitrogens with one attached hydrogen (secondary N) is 1. The molecule has 0 aliphatic rings. The maximum absolute atomic E-state index is 11.5. The summed E-state index contributed by atoms with van der Waals surface area (Å²) >= 11 is 0. The van der Waals surface area contributed by atoms with Gasteiger partial charge in [-0.2, -0.15) is 5.10 Å². The quantitative estimate of drug-likeness (QED) is 0.510. The highest BCUT2D eigenvalue weighted by Crippen LogP contribution is 2.29. The smallest absolute Gasteiger partial charge is 0.163 e. The van der Waals surface area contributed by atoms with Crippen LogP contribution in [0.15, 0.2) is 67.0 Å². The van der Waals surface area contributed by atoms with Crippen molar-refractivity contribution in [2.24, 2.45) is 0 Å². The molecule has 28 heavy (non-hydrogen) atoms. The third-order valence-electron chi connectivity index (χ3n) is 4.52. The first kappa shape index (κ1) is 17.6. The van der Waals surface area contributed by atoms with E-state index in [2.05, 4.69) is 20.5 Å². The summed E-state index contributed by atoms with van der Waals surface area (Å²) in [7, 11) is 0. The normalized spacial score (nSPS) is 10.8. The highest BCUT2D eigenvalue weighted by Gasteiger charge is 2.12. The molecule has 2 aromatic heterocycles. The lowest BCUT2D eigenvalue weighted by molar-refractivity contribution is 0.101. The first-order valence-corrected chi connectivity index (χ1v) is 8.86. The maximum Gasteiger partial charge on any atom is 0.163 e. The van der Waals surface area contributed by atoms with Gasteiger partial charge < -0.3 is 10.4 Å². The van der Waals surface area contributed by atoms with Crippen LogP contribution in [0.25, 0.3) is 10.8 Å². The minimum absolute atomic E-state index is 0.0657. The fourth-order valence-electron chi connectivity index (χ4n) is 3.12. The number of Topliss-reactive ketones (excluding diaryl/α,β-unsaturated/α-hetero) is 1. The highest BCUT2D eigenvalue weighted by molar-refractivity contribution is 5.98. The summed E-state index contributed by atoms with van der Waals surface area (Å²) in [5.74, 6) is 0.336. The van der Waals surface area contributed by atoms with E-state index in [0.29, 0.717) is 17.9 Å². The number of fused-ring (bicyclic) bond motifs is 1. The molecule has 0 atom stereocenters. The van der Waals surface area contributed by atoms with E-state index in [4.69, 9.17) is 0 Å². The van der Waals surface area contributed by atoms with Crippen molar-refractivity contribution < 1.29 is 9.90 Å². The summed E-state index contributed by atoms with van der Waals surface area (Å²) in [5, 5.41) is 24.0. The number of pyridine rings is 1. The molecule has 138 valence electrons. The van der Waals surface area contributed by atoms with E-state index in [9.17, 15) is 9.90 Å². The topological polar surface area (TPSA) is 88.0 Å². The second-order valence-electron chi connectivity index (χ2n) is 6.49. The summed E-state index contributed by atoms with van der Waals surface area (Å²) < 4.78 is 0. The van der Waals surface area contributed by atoms with E-state index in [-0.39, 0.29) is 17.1 Å². The predicted octanol–water partition coefficient (Wildman–Crippen LogP) is 4.27. The van der Waals surface area contributed by atoms with Crippen molar-refractivity contribution in [2.75, 3.05) is 5.32 Å². The molecule has 0 saturated heterocycles. The lowest BCUT2D eigenvalue weighted by Crippen LogP contribution is -2.02. The molecule has 4 aromatic rings. The Bertz CT molecular complexity index is 1160. The average Bonchev–Trinajstić information content (AvgIpc) is 2.70. The van der Waals surface area contributed by atoms with E-state index < -0.39 is 0 Å². The van der Waals surface area contributed by atoms with Crippen LogP contribution in [0.1, 0.15) is 28.5 Å². The Kier molecular flexibility index (Phi) is 4.68. The van der Waals surface area contributed by atoms with Gasteiger partial charge >= 0.3 is 0 Å². The number of benzene rings is 2. The van der Waals surface area contributed by atoms with Gasteiger partial charge in [-0.15, -0.1) is 5.10 Å². The van der Waals surface area contributed by atoms with Crippen molar-refractivity contribution in [3.05, 3.63) is 83.8 Å². The molecule has 0 saturated carbocycles. The van der Waals surface area contributed by atoms with Crippen molar-refractivity contribution in [2.45, 2.75) is 13.3 Å². The molecule has 0 aliphatic heterocycles. The van der Waals surface area contributed by atoms with Gasteiger partial charge in [0.15, 0.2) is 11.6 Å². The zero-order chi connectivity index (χ0) is 19.5. The Morgan fingerprint density at radius 3 is 2.46 bits per heavy atom. The number of carbonyl (C=O) groups excluding carboxylic acids is 1. The summed E-state index contributed by atoms with van der Waals surface area (Å²) in [5.41, 5.74) is 2.90. The molecule has 2 heterocycles. The van der Waals surface area contributed by atoms with Crippen LogP contribution in [0.3, 0.4) is 0 Å². The Morgan fingerprint density at radius 1 is 1.00 bits per heavy atom. The number of aromatic hydroxyl groups is 1. The van der Waals surface area contributed by atoms with Gasteiger partial charge in [0, 0.05) is 41.3 Å². The summed E-state index contributed by atoms with van der Waals surface area (Å²) in [6, 6.07) is 16.7. The molecule has 0 unspecified atom stereocenters. The number of carbonyl (C=O) groups is 1. The first-order valence-electron chi connectivity index (χ1n) is 8.86. The first-order chi connectivity index (χ1) is 13.6. The minimum Gasteiger partial charge on any atom is -0.507 e. The molecule has 0 aliphatic carbocycles. The lowest BCUT2D eigenvalue weighted by Gasteiger charge is -2.12. The van der Waals surface area contributed by atoms with E-state index in [1.54, 1.807) is 24.5 Å². The molecular weight excluding hydrogens is 352 g/mol. The van der Waals surface area contributed by atoms with Crippen molar-refractivity contribution in [3.63, 3.8) is 0 Å². The number of hydrogen-bond donors (Lipinski definition) is 2. The molecule has 6 heteroatoms. The van der Waals surface area contributed by atoms with E-state index in [1.165, 1.54) is 13.0 Å². The second-order valence-corrected chi connectivity index (χ2v) is 6.49. The molecule has 0 radical (unpaired) electrons. The van der Waals surface area contributed by atoms with Crippen LogP contribution in [-0.4, -0.2) is 26.1 Å². The third-order valence-corrected chi connectivity index (χ3v) is 4.52. The SMILES string of the molecule is CC(=O)c1ccc(Nc2nnc(Cc3ccncc3)c3ccccc23)cc1O. The van der Waals surface area contributed by atoms with Crippen molar-refractivity contribution >= 4 is 28.1 Å². The van der Waals surface area contributed by atoms with Gasteiger partial charge in [-0.25, -0.2) is 0 Å². The van der Waals surface area contributed by atoms with Gasteiger partial charge in [0.25, 0.3) is 0 Å². The van der Waals surface area contributed by atoms with Gasteiger partial charge in [0.05, 0.1) is 11.3 Å². The molecule has 0 amide bonds. The minimum atomic E-state index is -0.185. The third kappa shape index (κ3) is 3.53. The summed E-state index contributed by atoms with van der Waals surface area (Å²) in [6.07, 6.45) is 4.18. The molecule has 6 nitrogen and oxygen atoms in total. The van der Waals surface area contributed by atoms with E-state index in [1.807, 2.05) is 36.4 Å². The van der Waals surface area contributed by atoms with Crippen molar-refractivity contribution in [1.82, 2.24) is 15.2 Å². The largest absolute Gasteiger partial charge is 0.507 e. The van der Waals surface area contributed by atoms with Crippen LogP contribution in [0.2, 0.25) is 0 Å². The van der Waals surface area contributed by atoms with Crippen LogP contribution >= 0.6 is 0 Å². The second kappa shape index (κ2) is 7.44. The van der Waals surface area contributed by atoms with E-state index in [0.717, 1.165) is 22.0 Å². The Morgan fingerprint density at radius 2 is 1.75 bits per heavy atom. The van der Waals surface area contributed by atoms with Gasteiger partial charge in [-0.3, -0.25) is 9.78 Å². The molecule has 4 rings (SSSR count). The predicted molar refractivity (Wildman–Crippen MR) is 108 cm³/mol. The molecule has 2 aromatic carbocycles. The van der Waals surface area contributed by atoms with Crippen LogP contribution in [0, 0.1) is 0 Å². The van der Waals surface area contributed by atoms with E-state index >= 15 is 0 Å². The van der Waals surface area contributed by atoms with Gasteiger partial charge in [-0.1, -0.05) is 24.3 Å². The van der Waals surface area contributed by atoms with Crippen LogP contribution < -0.4 is 5.32 Å². The zero-order valence-electron chi connectivity index (χ0n) is 15.3. The standard InChI is InChI=1S/C22H18N4O2/c1-14(27)17-7-6-16(13-21(17)28)24-22-19-5-3-2-4-18(19)20(25-26-22)12-15-8-10-23-11-9-15/h2-11,13,28H,12H2,1H3,(H,24,26). The molecule has 0 spiro atoms. The Labute approximate surface area is 161 Å². The molecule has 0 bridgehead atoms. The number of phenols is 1. The fraction of sp³-hybridized carbons (Fsp3) is 0.0909. The van der Waals surface area contributed by atoms with Gasteiger partial charge in [0.1, 0.15) is 5.75 Å².